The Labute approximate surface area is 230 Å². The van der Waals surface area contributed by atoms with Gasteiger partial charge in [-0.15, -0.1) is 0 Å². The number of alkyl carbamates (subject to hydrolysis) is 1. The van der Waals surface area contributed by atoms with Crippen LogP contribution in [0.1, 0.15) is 28.2 Å². The van der Waals surface area contributed by atoms with Gasteiger partial charge in [0.2, 0.25) is 6.17 Å². The van der Waals surface area contributed by atoms with E-state index in [2.05, 4.69) is 10.3 Å². The highest BCUT2D eigenvalue weighted by molar-refractivity contribution is 6.20. The zero-order chi connectivity index (χ0) is 27.6. The number of aliphatic carboxylic acids is 1. The summed E-state index contributed by atoms with van der Waals surface area (Å²) in [4.78, 5) is 44.2. The van der Waals surface area contributed by atoms with E-state index in [1.165, 1.54) is 0 Å². The van der Waals surface area contributed by atoms with Gasteiger partial charge in [-0.1, -0.05) is 97.1 Å². The molecule has 0 spiro atoms. The van der Waals surface area contributed by atoms with Crippen molar-refractivity contribution in [3.63, 3.8) is 0 Å². The maximum absolute atomic E-state index is 13.6. The molecule has 2 amide bonds. The molecule has 198 valence electrons. The van der Waals surface area contributed by atoms with Gasteiger partial charge >= 0.3 is 12.1 Å². The van der Waals surface area contributed by atoms with Crippen LogP contribution in [0.15, 0.2) is 108 Å². The third-order valence-electron chi connectivity index (χ3n) is 7.15. The number of nitrogens with one attached hydrogen (secondary N) is 1. The average Bonchev–Trinajstić information content (AvgIpc) is 3.25. The molecule has 4 aromatic rings. The van der Waals surface area contributed by atoms with E-state index in [-0.39, 0.29) is 12.5 Å². The van der Waals surface area contributed by atoms with Gasteiger partial charge in [0.15, 0.2) is 0 Å². The number of para-hydroxylation sites is 1. The Kier molecular flexibility index (Phi) is 6.57. The molecule has 4 aromatic carbocycles. The van der Waals surface area contributed by atoms with Crippen molar-refractivity contribution in [3.05, 3.63) is 125 Å². The molecule has 1 atom stereocenters. The highest BCUT2D eigenvalue weighted by atomic mass is 16.5. The molecule has 40 heavy (non-hydrogen) atoms. The summed E-state index contributed by atoms with van der Waals surface area (Å²) in [6.07, 6.45) is -2.21. The predicted octanol–water partition coefficient (Wildman–Crippen LogP) is 4.82. The van der Waals surface area contributed by atoms with Crippen LogP contribution < -0.4 is 10.2 Å². The summed E-state index contributed by atoms with van der Waals surface area (Å²) in [6, 6.07) is 32.2. The molecule has 1 heterocycles. The van der Waals surface area contributed by atoms with Crippen LogP contribution in [0.5, 0.6) is 0 Å². The molecule has 0 fully saturated rings. The lowest BCUT2D eigenvalue weighted by Crippen LogP contribution is -2.49. The second-order valence-corrected chi connectivity index (χ2v) is 9.55. The van der Waals surface area contributed by atoms with Crippen molar-refractivity contribution in [1.29, 1.82) is 0 Å². The summed E-state index contributed by atoms with van der Waals surface area (Å²) >= 11 is 0. The number of rotatable bonds is 6. The van der Waals surface area contributed by atoms with Crippen molar-refractivity contribution in [2.75, 3.05) is 18.1 Å². The quantitative estimate of drug-likeness (QED) is 0.371. The molecule has 0 aromatic heterocycles. The van der Waals surface area contributed by atoms with E-state index >= 15 is 0 Å². The van der Waals surface area contributed by atoms with E-state index in [9.17, 15) is 19.5 Å². The molecular formula is C32H25N3O5. The number of aliphatic imine (C=N–C) groups is 1. The molecule has 2 aliphatic rings. The van der Waals surface area contributed by atoms with Crippen molar-refractivity contribution in [2.45, 2.75) is 12.1 Å². The van der Waals surface area contributed by atoms with Crippen LogP contribution in [-0.4, -0.2) is 48.1 Å². The first-order valence-corrected chi connectivity index (χ1v) is 12.9. The zero-order valence-electron chi connectivity index (χ0n) is 21.4. The van der Waals surface area contributed by atoms with Crippen LogP contribution in [0, 0.1) is 0 Å². The topological polar surface area (TPSA) is 108 Å². The SMILES string of the molecule is O=C(O)CN1C(=O)C(NC(=O)OCC2c3ccccc3-c3ccccc32)N=C(c2ccccc2)c2ccccc21. The largest absolute Gasteiger partial charge is 0.480 e. The summed E-state index contributed by atoms with van der Waals surface area (Å²) in [5, 5.41) is 12.2. The lowest BCUT2D eigenvalue weighted by atomic mass is 9.98. The van der Waals surface area contributed by atoms with E-state index in [0.717, 1.165) is 32.7 Å². The van der Waals surface area contributed by atoms with Crippen LogP contribution in [0.2, 0.25) is 0 Å². The van der Waals surface area contributed by atoms with Gasteiger partial charge in [-0.05, 0) is 28.3 Å². The van der Waals surface area contributed by atoms with Gasteiger partial charge < -0.3 is 9.84 Å². The zero-order valence-corrected chi connectivity index (χ0v) is 21.4. The number of hydrogen-bond acceptors (Lipinski definition) is 5. The Morgan fingerprint density at radius 1 is 0.800 bits per heavy atom. The number of anilines is 1. The molecule has 1 unspecified atom stereocenters. The van der Waals surface area contributed by atoms with Crippen LogP contribution in [0.25, 0.3) is 11.1 Å². The van der Waals surface area contributed by atoms with Crippen molar-refractivity contribution in [2.24, 2.45) is 4.99 Å². The summed E-state index contributed by atoms with van der Waals surface area (Å²) in [5.74, 6) is -2.01. The minimum absolute atomic E-state index is 0.0646. The number of amides is 2. The summed E-state index contributed by atoms with van der Waals surface area (Å²) in [5.41, 5.74) is 6.50. The average molecular weight is 532 g/mol. The molecule has 0 saturated carbocycles. The van der Waals surface area contributed by atoms with Gasteiger partial charge in [0.25, 0.3) is 5.91 Å². The maximum Gasteiger partial charge on any atom is 0.409 e. The fourth-order valence-corrected chi connectivity index (χ4v) is 5.40. The van der Waals surface area contributed by atoms with Crippen molar-refractivity contribution in [3.8, 4) is 11.1 Å². The summed E-state index contributed by atoms with van der Waals surface area (Å²) in [6.45, 7) is -0.522. The number of carboxylic acid groups (broad SMARTS) is 1. The molecule has 2 N–H and O–H groups in total. The number of carboxylic acids is 1. The second kappa shape index (κ2) is 10.5. The van der Waals surface area contributed by atoms with Crippen molar-refractivity contribution < 1.29 is 24.2 Å². The summed E-state index contributed by atoms with van der Waals surface area (Å²) < 4.78 is 5.66. The molecule has 0 saturated heterocycles. The predicted molar refractivity (Wildman–Crippen MR) is 151 cm³/mol. The van der Waals surface area contributed by atoms with Crippen molar-refractivity contribution >= 4 is 29.4 Å². The first kappa shape index (κ1) is 25.1. The van der Waals surface area contributed by atoms with E-state index in [1.807, 2.05) is 78.9 Å². The maximum atomic E-state index is 13.6. The smallest absolute Gasteiger partial charge is 0.409 e. The molecule has 1 aliphatic carbocycles. The van der Waals surface area contributed by atoms with Gasteiger partial charge in [-0.3, -0.25) is 19.8 Å². The Balaban J connectivity index is 1.29. The standard InChI is InChI=1S/C32H25N3O5/c36-28(37)18-35-27-17-9-8-16-25(27)29(20-10-2-1-3-11-20)33-30(31(35)38)34-32(39)40-19-26-23-14-6-4-12-21(23)22-13-5-7-15-24(22)26/h1-17,26,30H,18-19H2,(H,34,39)(H,36,37). The van der Waals surface area contributed by atoms with Crippen molar-refractivity contribution in [1.82, 2.24) is 5.32 Å². The molecule has 0 radical (unpaired) electrons. The third kappa shape index (κ3) is 4.60. The number of benzene rings is 4. The number of carbonyl (C=O) groups is 3. The first-order valence-electron chi connectivity index (χ1n) is 12.9. The van der Waals surface area contributed by atoms with E-state index in [0.29, 0.717) is 17.0 Å². The summed E-state index contributed by atoms with van der Waals surface area (Å²) in [7, 11) is 0. The van der Waals surface area contributed by atoms with Gasteiger partial charge in [-0.2, -0.15) is 0 Å². The fraction of sp³-hybridized carbons (Fsp3) is 0.125. The number of ether oxygens (including phenoxy) is 1. The molecule has 8 nitrogen and oxygen atoms in total. The van der Waals surface area contributed by atoms with Gasteiger partial charge in [0, 0.05) is 17.0 Å². The van der Waals surface area contributed by atoms with E-state index in [1.54, 1.807) is 24.3 Å². The van der Waals surface area contributed by atoms with Crippen LogP contribution in [0.3, 0.4) is 0 Å². The minimum atomic E-state index is -1.39. The Morgan fingerprint density at radius 3 is 2.02 bits per heavy atom. The van der Waals surface area contributed by atoms with Crippen LogP contribution in [0.4, 0.5) is 10.5 Å². The highest BCUT2D eigenvalue weighted by Crippen LogP contribution is 2.44. The van der Waals surface area contributed by atoms with Crippen LogP contribution >= 0.6 is 0 Å². The lowest BCUT2D eigenvalue weighted by molar-refractivity contribution is -0.136. The lowest BCUT2D eigenvalue weighted by Gasteiger charge is -2.23. The molecule has 8 heteroatoms. The highest BCUT2D eigenvalue weighted by Gasteiger charge is 2.35. The Morgan fingerprint density at radius 2 is 1.38 bits per heavy atom. The number of fused-ring (bicyclic) bond motifs is 4. The first-order chi connectivity index (χ1) is 19.5. The van der Waals surface area contributed by atoms with Gasteiger partial charge in [0.05, 0.1) is 11.4 Å². The Hall–Kier alpha value is -5.24. The van der Waals surface area contributed by atoms with Crippen LogP contribution in [-0.2, 0) is 14.3 Å². The third-order valence-corrected chi connectivity index (χ3v) is 7.15. The van der Waals surface area contributed by atoms with Gasteiger partial charge in [-0.25, -0.2) is 9.79 Å². The minimum Gasteiger partial charge on any atom is -0.480 e. The number of nitrogens with zero attached hydrogens (tertiary/aromatic N) is 2. The number of carbonyl (C=O) groups excluding carboxylic acids is 2. The molecule has 6 rings (SSSR count). The second-order valence-electron chi connectivity index (χ2n) is 9.55. The van der Waals surface area contributed by atoms with E-state index in [4.69, 9.17) is 4.74 Å². The molecule has 1 aliphatic heterocycles. The normalized spacial score (nSPS) is 15.8. The molecular weight excluding hydrogens is 506 g/mol. The van der Waals surface area contributed by atoms with E-state index < -0.39 is 30.7 Å². The number of hydrogen-bond donors (Lipinski definition) is 2. The number of benzodiazepines with no additional fused rings is 1. The molecule has 0 bridgehead atoms. The Bertz CT molecular complexity index is 1600. The fourth-order valence-electron chi connectivity index (χ4n) is 5.40. The monoisotopic (exact) mass is 531 g/mol. The van der Waals surface area contributed by atoms with Gasteiger partial charge in [0.1, 0.15) is 13.2 Å².